The zero-order valence-corrected chi connectivity index (χ0v) is 13.5. The average molecular weight is 358 g/mol. The van der Waals surface area contributed by atoms with Crippen LogP contribution in [-0.4, -0.2) is 23.9 Å². The summed E-state index contributed by atoms with van der Waals surface area (Å²) < 4.78 is 0. The first-order valence-corrected chi connectivity index (χ1v) is 8.12. The summed E-state index contributed by atoms with van der Waals surface area (Å²) in [5, 5.41) is 47.2. The standard InChI is InChI=1S/C18H18O8/c19-14(20)10-9-6-7-18(12(10)16(23)24,8-4-2-1-3-5-8)13(17(25)26)11(9)15(21)22/h1-5,9-13H,6-7H2,(H,19,20)(H,21,22)(H,23,24)(H,25,26)/p-4/t9?,10-,11+,12-,13-,18?/m1/s1. The zero-order valence-electron chi connectivity index (χ0n) is 13.5. The Morgan fingerprint density at radius 1 is 0.769 bits per heavy atom. The van der Waals surface area contributed by atoms with Gasteiger partial charge >= 0.3 is 0 Å². The van der Waals surface area contributed by atoms with Gasteiger partial charge in [-0.2, -0.15) is 0 Å². The molecule has 8 nitrogen and oxygen atoms in total. The van der Waals surface area contributed by atoms with Gasteiger partial charge in [0, 0.05) is 53.0 Å². The van der Waals surface area contributed by atoms with Crippen LogP contribution in [0.3, 0.4) is 0 Å². The van der Waals surface area contributed by atoms with Crippen molar-refractivity contribution in [2.75, 3.05) is 0 Å². The number of rotatable bonds is 5. The number of hydrogen-bond acceptors (Lipinski definition) is 8. The summed E-state index contributed by atoms with van der Waals surface area (Å²) in [5.74, 6) is -15.2. The highest BCUT2D eigenvalue weighted by molar-refractivity contribution is 5.88. The van der Waals surface area contributed by atoms with Crippen LogP contribution in [0.5, 0.6) is 0 Å². The lowest BCUT2D eigenvalue weighted by Crippen LogP contribution is -2.72. The second-order valence-electron chi connectivity index (χ2n) is 6.89. The van der Waals surface area contributed by atoms with Crippen LogP contribution in [-0.2, 0) is 24.6 Å². The lowest BCUT2D eigenvalue weighted by Gasteiger charge is -2.64. The van der Waals surface area contributed by atoms with Crippen molar-refractivity contribution in [2.24, 2.45) is 29.6 Å². The Hall–Kier alpha value is -2.90. The average Bonchev–Trinajstić information content (AvgIpc) is 2.60. The van der Waals surface area contributed by atoms with Crippen molar-refractivity contribution in [2.45, 2.75) is 18.3 Å². The van der Waals surface area contributed by atoms with E-state index >= 15 is 0 Å². The van der Waals surface area contributed by atoms with Crippen molar-refractivity contribution in [3.63, 3.8) is 0 Å². The fourth-order valence-electron chi connectivity index (χ4n) is 5.22. The Kier molecular flexibility index (Phi) is 4.21. The molecule has 3 aliphatic carbocycles. The van der Waals surface area contributed by atoms with Gasteiger partial charge in [0.05, 0.1) is 0 Å². The van der Waals surface area contributed by atoms with Gasteiger partial charge in [-0.3, -0.25) is 0 Å². The summed E-state index contributed by atoms with van der Waals surface area (Å²) in [6, 6.07) is 7.59. The predicted molar refractivity (Wildman–Crippen MR) is 74.8 cm³/mol. The van der Waals surface area contributed by atoms with Gasteiger partial charge in [0.1, 0.15) is 0 Å². The third-order valence-electron chi connectivity index (χ3n) is 6.01. The maximum absolute atomic E-state index is 11.9. The summed E-state index contributed by atoms with van der Waals surface area (Å²) in [6.07, 6.45) is -0.00766. The van der Waals surface area contributed by atoms with Crippen LogP contribution in [0.1, 0.15) is 18.4 Å². The highest BCUT2D eigenvalue weighted by Crippen LogP contribution is 2.62. The number of carboxylic acid groups (broad SMARTS) is 4. The van der Waals surface area contributed by atoms with E-state index in [4.69, 9.17) is 0 Å². The molecular formula is C18H14O8-4. The summed E-state index contributed by atoms with van der Waals surface area (Å²) in [5.41, 5.74) is -1.58. The molecule has 0 aliphatic heterocycles. The van der Waals surface area contributed by atoms with E-state index in [2.05, 4.69) is 0 Å². The number of hydrogen-bond donors (Lipinski definition) is 0. The number of benzene rings is 1. The van der Waals surface area contributed by atoms with E-state index in [9.17, 15) is 39.6 Å². The lowest BCUT2D eigenvalue weighted by molar-refractivity contribution is -0.356. The largest absolute Gasteiger partial charge is 0.550 e. The molecule has 8 heteroatoms. The highest BCUT2D eigenvalue weighted by atomic mass is 16.4. The molecule has 1 aromatic rings. The van der Waals surface area contributed by atoms with Crippen LogP contribution < -0.4 is 20.4 Å². The summed E-state index contributed by atoms with van der Waals surface area (Å²) in [6.45, 7) is 0. The number of carbonyl (C=O) groups excluding carboxylic acids is 4. The third kappa shape index (κ3) is 2.28. The molecule has 2 unspecified atom stereocenters. The monoisotopic (exact) mass is 358 g/mol. The topological polar surface area (TPSA) is 161 Å². The van der Waals surface area contributed by atoms with E-state index in [-0.39, 0.29) is 18.4 Å². The van der Waals surface area contributed by atoms with Crippen molar-refractivity contribution < 1.29 is 39.6 Å². The van der Waals surface area contributed by atoms with Gasteiger partial charge in [-0.1, -0.05) is 30.3 Å². The predicted octanol–water partition coefficient (Wildman–Crippen LogP) is -4.19. The summed E-state index contributed by atoms with van der Waals surface area (Å²) in [4.78, 5) is 47.2. The van der Waals surface area contributed by atoms with Gasteiger partial charge in [0.25, 0.3) is 0 Å². The van der Waals surface area contributed by atoms with Crippen LogP contribution in [0.25, 0.3) is 0 Å². The van der Waals surface area contributed by atoms with Gasteiger partial charge < -0.3 is 39.6 Å². The van der Waals surface area contributed by atoms with Crippen LogP contribution in [0, 0.1) is 29.6 Å². The molecule has 1 aromatic carbocycles. The van der Waals surface area contributed by atoms with Crippen LogP contribution >= 0.6 is 0 Å². The summed E-state index contributed by atoms with van der Waals surface area (Å²) in [7, 11) is 0. The number of carboxylic acids is 4. The Bertz CT molecular complexity index is 731. The van der Waals surface area contributed by atoms with Crippen LogP contribution in [0.4, 0.5) is 0 Å². The zero-order chi connectivity index (χ0) is 19.2. The molecule has 0 heterocycles. The van der Waals surface area contributed by atoms with E-state index in [1.165, 1.54) is 24.3 Å². The van der Waals surface area contributed by atoms with E-state index in [0.717, 1.165) is 0 Å². The number of aliphatic carboxylic acids is 4. The maximum Gasteiger partial charge on any atom is 0.0461 e. The van der Waals surface area contributed by atoms with Crippen LogP contribution in [0.15, 0.2) is 30.3 Å². The third-order valence-corrected chi connectivity index (χ3v) is 6.01. The van der Waals surface area contributed by atoms with Crippen molar-refractivity contribution >= 4 is 23.9 Å². The smallest absolute Gasteiger partial charge is 0.0461 e. The molecule has 3 fully saturated rings. The molecular weight excluding hydrogens is 344 g/mol. The molecule has 0 N–H and O–H groups in total. The normalized spacial score (nSPS) is 35.6. The van der Waals surface area contributed by atoms with Crippen LogP contribution in [0.2, 0.25) is 0 Å². The van der Waals surface area contributed by atoms with Gasteiger partial charge in [-0.15, -0.1) is 0 Å². The van der Waals surface area contributed by atoms with Crippen molar-refractivity contribution in [3.8, 4) is 0 Å². The second kappa shape index (κ2) is 6.12. The first-order valence-electron chi connectivity index (χ1n) is 8.12. The van der Waals surface area contributed by atoms with Gasteiger partial charge in [0.2, 0.25) is 0 Å². The molecule has 2 bridgehead atoms. The number of carbonyl (C=O) groups is 4. The van der Waals surface area contributed by atoms with Gasteiger partial charge in [-0.25, -0.2) is 0 Å². The minimum atomic E-state index is -1.80. The molecule has 0 aromatic heterocycles. The minimum absolute atomic E-state index is 0.0136. The Labute approximate surface area is 148 Å². The molecule has 0 spiro atoms. The molecule has 3 aliphatic rings. The molecule has 3 saturated carbocycles. The number of fused-ring (bicyclic) bond motifs is 3. The minimum Gasteiger partial charge on any atom is -0.550 e. The quantitative estimate of drug-likeness (QED) is 0.512. The molecule has 6 atom stereocenters. The first-order chi connectivity index (χ1) is 12.2. The van der Waals surface area contributed by atoms with Gasteiger partial charge in [0.15, 0.2) is 0 Å². The molecule has 26 heavy (non-hydrogen) atoms. The molecule has 4 rings (SSSR count). The fraction of sp³-hybridized carbons (Fsp3) is 0.444. The Balaban J connectivity index is 2.34. The van der Waals surface area contributed by atoms with Crippen molar-refractivity contribution in [1.29, 1.82) is 0 Å². The summed E-state index contributed by atoms with van der Waals surface area (Å²) >= 11 is 0. The highest BCUT2D eigenvalue weighted by Gasteiger charge is 2.64. The lowest BCUT2D eigenvalue weighted by atomic mass is 9.41. The maximum atomic E-state index is 11.9. The second-order valence-corrected chi connectivity index (χ2v) is 6.89. The first kappa shape index (κ1) is 17.9. The molecule has 0 radical (unpaired) electrons. The Morgan fingerprint density at radius 2 is 1.23 bits per heavy atom. The van der Waals surface area contributed by atoms with Crippen molar-refractivity contribution in [3.05, 3.63) is 35.9 Å². The van der Waals surface area contributed by atoms with E-state index in [1.54, 1.807) is 6.07 Å². The van der Waals surface area contributed by atoms with E-state index in [1.807, 2.05) is 0 Å². The molecule has 138 valence electrons. The molecule has 0 saturated heterocycles. The van der Waals surface area contributed by atoms with Gasteiger partial charge in [-0.05, 0) is 24.3 Å². The molecule has 0 amide bonds. The van der Waals surface area contributed by atoms with E-state index < -0.39 is 58.9 Å². The SMILES string of the molecule is O=C([O-])[C@@H]1C2CCC(c3ccccc3)([C@H]1C(=O)[O-])[C@@H](C(=O)[O-])[C@H]2C(=O)[O-]. The fourth-order valence-corrected chi connectivity index (χ4v) is 5.22. The van der Waals surface area contributed by atoms with Crippen molar-refractivity contribution in [1.82, 2.24) is 0 Å². The Morgan fingerprint density at radius 3 is 1.62 bits per heavy atom. The van der Waals surface area contributed by atoms with E-state index in [0.29, 0.717) is 0 Å².